The number of hydrogen-bond acceptors (Lipinski definition) is 2. The maximum atomic E-state index is 10.6. The van der Waals surface area contributed by atoms with Gasteiger partial charge in [-0.1, -0.05) is 11.6 Å². The molecular weight excluding hydrogens is 194 g/mol. The van der Waals surface area contributed by atoms with Crippen molar-refractivity contribution in [2.75, 3.05) is 5.73 Å². The molecule has 1 rings (SSSR count). The molecule has 1 aromatic carbocycles. The smallest absolute Gasteiger partial charge is 0.190 e. The fourth-order valence-electron chi connectivity index (χ4n) is 0.893. The van der Waals surface area contributed by atoms with Crippen molar-refractivity contribution in [1.82, 2.24) is 0 Å². The van der Waals surface area contributed by atoms with Crippen molar-refractivity contribution in [1.29, 1.82) is 0 Å². The summed E-state index contributed by atoms with van der Waals surface area (Å²) in [6.07, 6.45) is 0.215. The average molecular weight is 202 g/mol. The first-order valence-electron chi connectivity index (χ1n) is 3.35. The first-order chi connectivity index (χ1) is 5.59. The number of nitrogen functional groups attached to an aromatic ring is 1. The van der Waals surface area contributed by atoms with Crippen LogP contribution in [0.2, 0.25) is 5.02 Å². The standard InChI is InChI=1S/C8H8ClNOS/c9-7-2-1-6(10)3-5(7)4-8(11)12/h1-3H,4,10H2,(H,11,12). The van der Waals surface area contributed by atoms with E-state index in [4.69, 9.17) is 17.3 Å². The zero-order valence-corrected chi connectivity index (χ0v) is 7.90. The molecule has 0 heterocycles. The Morgan fingerprint density at radius 2 is 2.25 bits per heavy atom. The first-order valence-corrected chi connectivity index (χ1v) is 4.18. The Kier molecular flexibility index (Phi) is 3.00. The molecule has 0 saturated heterocycles. The molecule has 0 saturated carbocycles. The second-order valence-electron chi connectivity index (χ2n) is 2.42. The topological polar surface area (TPSA) is 43.1 Å². The molecular formula is C8H8ClNOS. The third kappa shape index (κ3) is 2.43. The highest BCUT2D eigenvalue weighted by Gasteiger charge is 2.03. The Labute approximate surface area is 81.1 Å². The van der Waals surface area contributed by atoms with Gasteiger partial charge in [0.05, 0.1) is 0 Å². The second kappa shape index (κ2) is 3.83. The molecule has 0 radical (unpaired) electrons. The lowest BCUT2D eigenvalue weighted by Gasteiger charge is -2.01. The number of rotatable bonds is 2. The highest BCUT2D eigenvalue weighted by molar-refractivity contribution is 7.96. The lowest BCUT2D eigenvalue weighted by atomic mass is 10.1. The minimum atomic E-state index is -0.220. The SMILES string of the molecule is Nc1ccc(Cl)c(CC(=O)S)c1. The highest BCUT2D eigenvalue weighted by atomic mass is 35.5. The summed E-state index contributed by atoms with van der Waals surface area (Å²) in [5.74, 6) is 0. The van der Waals surface area contributed by atoms with Crippen molar-refractivity contribution in [3.05, 3.63) is 28.8 Å². The van der Waals surface area contributed by atoms with Crippen LogP contribution >= 0.6 is 24.2 Å². The van der Waals surface area contributed by atoms with E-state index in [1.54, 1.807) is 18.2 Å². The van der Waals surface area contributed by atoms with E-state index in [1.165, 1.54) is 0 Å². The molecule has 0 unspecified atom stereocenters. The first kappa shape index (κ1) is 9.42. The lowest BCUT2D eigenvalue weighted by molar-refractivity contribution is -0.110. The summed E-state index contributed by atoms with van der Waals surface area (Å²) in [5, 5.41) is 0.328. The second-order valence-corrected chi connectivity index (χ2v) is 3.33. The molecule has 4 heteroatoms. The van der Waals surface area contributed by atoms with E-state index >= 15 is 0 Å². The monoisotopic (exact) mass is 201 g/mol. The normalized spacial score (nSPS) is 9.83. The summed E-state index contributed by atoms with van der Waals surface area (Å²) in [6, 6.07) is 5.04. The van der Waals surface area contributed by atoms with E-state index < -0.39 is 0 Å². The fraction of sp³-hybridized carbons (Fsp3) is 0.125. The summed E-state index contributed by atoms with van der Waals surface area (Å²) in [4.78, 5) is 10.6. The Bertz CT molecular complexity index is 314. The Morgan fingerprint density at radius 3 is 2.83 bits per heavy atom. The average Bonchev–Trinajstić information content (AvgIpc) is 1.96. The van der Waals surface area contributed by atoms with Gasteiger partial charge in [0.15, 0.2) is 5.12 Å². The van der Waals surface area contributed by atoms with Crippen LogP contribution in [0.25, 0.3) is 0 Å². The van der Waals surface area contributed by atoms with Crippen molar-refractivity contribution in [3.8, 4) is 0 Å². The number of carbonyl (C=O) groups excluding carboxylic acids is 1. The third-order valence-electron chi connectivity index (χ3n) is 1.41. The third-order valence-corrected chi connectivity index (χ3v) is 1.94. The summed E-state index contributed by atoms with van der Waals surface area (Å²) in [5.41, 5.74) is 6.83. The summed E-state index contributed by atoms with van der Waals surface area (Å²) in [6.45, 7) is 0. The van der Waals surface area contributed by atoms with Crippen molar-refractivity contribution in [2.24, 2.45) is 0 Å². The molecule has 64 valence electrons. The number of benzene rings is 1. The number of anilines is 1. The number of hydrogen-bond donors (Lipinski definition) is 2. The van der Waals surface area contributed by atoms with Gasteiger partial charge in [-0.25, -0.2) is 0 Å². The van der Waals surface area contributed by atoms with Crippen molar-refractivity contribution in [2.45, 2.75) is 6.42 Å². The van der Waals surface area contributed by atoms with Crippen LogP contribution in [0.3, 0.4) is 0 Å². The quantitative estimate of drug-likeness (QED) is 0.567. The van der Waals surface area contributed by atoms with Gasteiger partial charge in [0.25, 0.3) is 0 Å². The maximum Gasteiger partial charge on any atom is 0.190 e. The van der Waals surface area contributed by atoms with Crippen molar-refractivity contribution in [3.63, 3.8) is 0 Å². The van der Waals surface area contributed by atoms with E-state index in [-0.39, 0.29) is 11.5 Å². The van der Waals surface area contributed by atoms with Gasteiger partial charge in [-0.2, -0.15) is 0 Å². The van der Waals surface area contributed by atoms with Crippen LogP contribution in [-0.4, -0.2) is 5.12 Å². The van der Waals surface area contributed by atoms with Gasteiger partial charge < -0.3 is 5.73 Å². The molecule has 0 aliphatic heterocycles. The van der Waals surface area contributed by atoms with E-state index in [0.717, 1.165) is 5.56 Å². The van der Waals surface area contributed by atoms with Gasteiger partial charge in [-0.05, 0) is 23.8 Å². The van der Waals surface area contributed by atoms with Gasteiger partial charge >= 0.3 is 0 Å². The fourth-order valence-corrected chi connectivity index (χ4v) is 1.25. The lowest BCUT2D eigenvalue weighted by Crippen LogP contribution is -1.96. The molecule has 0 fully saturated rings. The van der Waals surface area contributed by atoms with E-state index in [0.29, 0.717) is 10.7 Å². The van der Waals surface area contributed by atoms with Crippen LogP contribution in [0.15, 0.2) is 18.2 Å². The summed E-state index contributed by atoms with van der Waals surface area (Å²) < 4.78 is 0. The maximum absolute atomic E-state index is 10.6. The van der Waals surface area contributed by atoms with Gasteiger partial charge in [-0.3, -0.25) is 4.79 Å². The number of thiol groups is 1. The van der Waals surface area contributed by atoms with Gasteiger partial charge in [0.2, 0.25) is 0 Å². The number of nitrogens with two attached hydrogens (primary N) is 1. The van der Waals surface area contributed by atoms with Crippen LogP contribution in [0.1, 0.15) is 5.56 Å². The molecule has 1 aromatic rings. The van der Waals surface area contributed by atoms with E-state index in [1.807, 2.05) is 0 Å². The van der Waals surface area contributed by atoms with Gasteiger partial charge in [-0.15, -0.1) is 12.6 Å². The Balaban J connectivity index is 2.97. The van der Waals surface area contributed by atoms with Crippen LogP contribution in [0.4, 0.5) is 5.69 Å². The molecule has 0 atom stereocenters. The van der Waals surface area contributed by atoms with Crippen LogP contribution < -0.4 is 5.73 Å². The molecule has 0 aliphatic carbocycles. The molecule has 0 spiro atoms. The molecule has 2 N–H and O–H groups in total. The van der Waals surface area contributed by atoms with Crippen LogP contribution in [0, 0.1) is 0 Å². The van der Waals surface area contributed by atoms with Gasteiger partial charge in [0.1, 0.15) is 0 Å². The minimum Gasteiger partial charge on any atom is -0.399 e. The zero-order chi connectivity index (χ0) is 9.14. The van der Waals surface area contributed by atoms with Crippen molar-refractivity contribution < 1.29 is 4.79 Å². The molecule has 0 bridgehead atoms. The Morgan fingerprint density at radius 1 is 1.58 bits per heavy atom. The predicted octanol–water partition coefficient (Wildman–Crippen LogP) is 1.92. The molecule has 0 amide bonds. The zero-order valence-electron chi connectivity index (χ0n) is 6.25. The minimum absolute atomic E-state index is 0.215. The molecule has 0 aliphatic rings. The van der Waals surface area contributed by atoms with Gasteiger partial charge in [0, 0.05) is 17.1 Å². The van der Waals surface area contributed by atoms with E-state index in [9.17, 15) is 4.79 Å². The van der Waals surface area contributed by atoms with E-state index in [2.05, 4.69) is 12.6 Å². The Hall–Kier alpha value is -0.670. The summed E-state index contributed by atoms with van der Waals surface area (Å²) >= 11 is 9.45. The number of halogens is 1. The van der Waals surface area contributed by atoms with Crippen LogP contribution in [0.5, 0.6) is 0 Å². The molecule has 2 nitrogen and oxygen atoms in total. The predicted molar refractivity (Wildman–Crippen MR) is 53.6 cm³/mol. The molecule has 0 aromatic heterocycles. The van der Waals surface area contributed by atoms with Crippen molar-refractivity contribution >= 4 is 35.0 Å². The number of carbonyl (C=O) groups is 1. The molecule has 12 heavy (non-hydrogen) atoms. The largest absolute Gasteiger partial charge is 0.399 e. The highest BCUT2D eigenvalue weighted by Crippen LogP contribution is 2.19. The van der Waals surface area contributed by atoms with Crippen LogP contribution in [-0.2, 0) is 11.2 Å². The summed E-state index contributed by atoms with van der Waals surface area (Å²) in [7, 11) is 0.